The standard InChI is InChI=1S/C16H11ClN2O5/c1-23-11-3-4-12(13(8-11)19(21)22)18-16(20)15-7-9-6-10(17)2-5-14(9)24-15/h2-8H,1H3,(H,18,20). The van der Waals surface area contributed by atoms with Crippen LogP contribution in [0.25, 0.3) is 11.0 Å². The number of fused-ring (bicyclic) bond motifs is 1. The zero-order chi connectivity index (χ0) is 17.3. The third-order valence-electron chi connectivity index (χ3n) is 3.35. The molecule has 0 bridgehead atoms. The second-order valence-corrected chi connectivity index (χ2v) is 5.32. The second-order valence-electron chi connectivity index (χ2n) is 4.89. The maximum Gasteiger partial charge on any atom is 0.296 e. The van der Waals surface area contributed by atoms with Crippen molar-refractivity contribution >= 4 is 39.9 Å². The zero-order valence-corrected chi connectivity index (χ0v) is 13.2. The monoisotopic (exact) mass is 346 g/mol. The highest BCUT2D eigenvalue weighted by atomic mass is 35.5. The number of anilines is 1. The molecule has 8 heteroatoms. The van der Waals surface area contributed by atoms with Crippen molar-refractivity contribution in [3.63, 3.8) is 0 Å². The summed E-state index contributed by atoms with van der Waals surface area (Å²) < 4.78 is 10.4. The summed E-state index contributed by atoms with van der Waals surface area (Å²) >= 11 is 5.89. The molecule has 0 unspecified atom stereocenters. The lowest BCUT2D eigenvalue weighted by Gasteiger charge is -2.06. The van der Waals surface area contributed by atoms with Gasteiger partial charge in [0.2, 0.25) is 0 Å². The number of amides is 1. The molecule has 3 rings (SSSR count). The van der Waals surface area contributed by atoms with Crippen LogP contribution in [0.15, 0.2) is 46.9 Å². The van der Waals surface area contributed by atoms with Crippen molar-refractivity contribution in [2.24, 2.45) is 0 Å². The summed E-state index contributed by atoms with van der Waals surface area (Å²) in [5.74, 6) is -0.258. The molecule has 1 heterocycles. The summed E-state index contributed by atoms with van der Waals surface area (Å²) in [5.41, 5.74) is 0.264. The first-order valence-corrected chi connectivity index (χ1v) is 7.18. The minimum Gasteiger partial charge on any atom is -0.496 e. The van der Waals surface area contributed by atoms with Gasteiger partial charge in [-0.25, -0.2) is 0 Å². The average Bonchev–Trinajstić information content (AvgIpc) is 2.98. The van der Waals surface area contributed by atoms with Crippen LogP contribution in [0.1, 0.15) is 10.6 Å². The van der Waals surface area contributed by atoms with Gasteiger partial charge in [0.05, 0.1) is 18.1 Å². The normalized spacial score (nSPS) is 10.6. The minimum atomic E-state index is -0.601. The molecule has 3 aromatic rings. The molecule has 122 valence electrons. The fraction of sp³-hybridized carbons (Fsp3) is 0.0625. The number of nitro groups is 1. The SMILES string of the molecule is COc1ccc(NC(=O)c2cc3cc(Cl)ccc3o2)c([N+](=O)[O-])c1. The van der Waals surface area contributed by atoms with Crippen LogP contribution in [-0.4, -0.2) is 17.9 Å². The van der Waals surface area contributed by atoms with Crippen LogP contribution in [0, 0.1) is 10.1 Å². The van der Waals surface area contributed by atoms with Crippen LogP contribution in [0.2, 0.25) is 5.02 Å². The molecule has 0 spiro atoms. The van der Waals surface area contributed by atoms with Crippen LogP contribution in [0.5, 0.6) is 5.75 Å². The molecule has 1 N–H and O–H groups in total. The first kappa shape index (κ1) is 15.8. The summed E-state index contributed by atoms with van der Waals surface area (Å²) in [5, 5.41) is 14.8. The molecular weight excluding hydrogens is 336 g/mol. The van der Waals surface area contributed by atoms with Gasteiger partial charge in [-0.3, -0.25) is 14.9 Å². The smallest absolute Gasteiger partial charge is 0.296 e. The summed E-state index contributed by atoms with van der Waals surface area (Å²) in [4.78, 5) is 22.9. The highest BCUT2D eigenvalue weighted by Gasteiger charge is 2.20. The van der Waals surface area contributed by atoms with E-state index in [4.69, 9.17) is 20.8 Å². The molecule has 24 heavy (non-hydrogen) atoms. The fourth-order valence-electron chi connectivity index (χ4n) is 2.21. The van der Waals surface area contributed by atoms with Gasteiger partial charge in [0.1, 0.15) is 17.0 Å². The van der Waals surface area contributed by atoms with Gasteiger partial charge >= 0.3 is 0 Å². The number of ether oxygens (including phenoxy) is 1. The van der Waals surface area contributed by atoms with E-state index in [2.05, 4.69) is 5.32 Å². The van der Waals surface area contributed by atoms with Crippen molar-refractivity contribution in [2.45, 2.75) is 0 Å². The lowest BCUT2D eigenvalue weighted by atomic mass is 10.2. The van der Waals surface area contributed by atoms with Crippen molar-refractivity contribution in [3.8, 4) is 5.75 Å². The first-order valence-electron chi connectivity index (χ1n) is 6.81. The van der Waals surface area contributed by atoms with Crippen molar-refractivity contribution in [2.75, 3.05) is 12.4 Å². The van der Waals surface area contributed by atoms with E-state index in [1.165, 1.54) is 31.4 Å². The predicted octanol–water partition coefficient (Wildman–Crippen LogP) is 4.26. The molecule has 0 saturated heterocycles. The van der Waals surface area contributed by atoms with Crippen LogP contribution >= 0.6 is 11.6 Å². The van der Waals surface area contributed by atoms with Gasteiger partial charge in [-0.15, -0.1) is 0 Å². The number of halogens is 1. The van der Waals surface area contributed by atoms with E-state index >= 15 is 0 Å². The van der Waals surface area contributed by atoms with Gasteiger partial charge in [-0.1, -0.05) is 11.6 Å². The first-order chi connectivity index (χ1) is 11.5. The van der Waals surface area contributed by atoms with Crippen LogP contribution in [-0.2, 0) is 0 Å². The lowest BCUT2D eigenvalue weighted by Crippen LogP contribution is -2.12. The van der Waals surface area contributed by atoms with E-state index in [0.717, 1.165) is 0 Å². The second kappa shape index (κ2) is 6.21. The zero-order valence-electron chi connectivity index (χ0n) is 12.4. The molecule has 1 aromatic heterocycles. The van der Waals surface area contributed by atoms with Gasteiger partial charge in [0.25, 0.3) is 11.6 Å². The van der Waals surface area contributed by atoms with E-state index in [-0.39, 0.29) is 17.1 Å². The Kier molecular flexibility index (Phi) is 4.09. The van der Waals surface area contributed by atoms with Crippen molar-refractivity contribution < 1.29 is 18.9 Å². The molecule has 0 fully saturated rings. The number of nitrogens with zero attached hydrogens (tertiary/aromatic N) is 1. The number of nitrogens with one attached hydrogen (secondary N) is 1. The van der Waals surface area contributed by atoms with Crippen LogP contribution in [0.4, 0.5) is 11.4 Å². The van der Waals surface area contributed by atoms with E-state index in [9.17, 15) is 14.9 Å². The Bertz CT molecular complexity index is 951. The fourth-order valence-corrected chi connectivity index (χ4v) is 2.39. The van der Waals surface area contributed by atoms with Crippen LogP contribution < -0.4 is 10.1 Å². The number of benzene rings is 2. The molecule has 1 amide bonds. The molecule has 7 nitrogen and oxygen atoms in total. The summed E-state index contributed by atoms with van der Waals surface area (Å²) in [6.45, 7) is 0. The number of rotatable bonds is 4. The largest absolute Gasteiger partial charge is 0.496 e. The van der Waals surface area contributed by atoms with Crippen molar-refractivity contribution in [1.82, 2.24) is 0 Å². The third kappa shape index (κ3) is 3.02. The Morgan fingerprint density at radius 1 is 1.25 bits per heavy atom. The highest BCUT2D eigenvalue weighted by molar-refractivity contribution is 6.31. The lowest BCUT2D eigenvalue weighted by molar-refractivity contribution is -0.384. The van der Waals surface area contributed by atoms with Gasteiger partial charge < -0.3 is 14.5 Å². The summed E-state index contributed by atoms with van der Waals surface area (Å²) in [6.07, 6.45) is 0. The number of furan rings is 1. The van der Waals surface area contributed by atoms with Gasteiger partial charge in [-0.2, -0.15) is 0 Å². The third-order valence-corrected chi connectivity index (χ3v) is 3.59. The number of methoxy groups -OCH3 is 1. The molecule has 0 aliphatic rings. The molecular formula is C16H11ClN2O5. The maximum absolute atomic E-state index is 12.3. The van der Waals surface area contributed by atoms with E-state index < -0.39 is 10.8 Å². The van der Waals surface area contributed by atoms with E-state index in [1.54, 1.807) is 18.2 Å². The average molecular weight is 347 g/mol. The molecule has 0 aliphatic heterocycles. The molecule has 0 aliphatic carbocycles. The van der Waals surface area contributed by atoms with Crippen LogP contribution in [0.3, 0.4) is 0 Å². The predicted molar refractivity (Wildman–Crippen MR) is 88.8 cm³/mol. The van der Waals surface area contributed by atoms with Crippen molar-refractivity contribution in [1.29, 1.82) is 0 Å². The van der Waals surface area contributed by atoms with Crippen molar-refractivity contribution in [3.05, 3.63) is 63.4 Å². The Hall–Kier alpha value is -3.06. The van der Waals surface area contributed by atoms with Gasteiger partial charge in [0.15, 0.2) is 5.76 Å². The molecule has 0 radical (unpaired) electrons. The molecule has 0 atom stereocenters. The van der Waals surface area contributed by atoms with E-state index in [0.29, 0.717) is 21.7 Å². The summed E-state index contributed by atoms with van der Waals surface area (Å²) in [7, 11) is 1.40. The van der Waals surface area contributed by atoms with Gasteiger partial charge in [0, 0.05) is 10.4 Å². The highest BCUT2D eigenvalue weighted by Crippen LogP contribution is 2.30. The Morgan fingerprint density at radius 2 is 2.04 bits per heavy atom. The molecule has 0 saturated carbocycles. The Morgan fingerprint density at radius 3 is 2.75 bits per heavy atom. The van der Waals surface area contributed by atoms with Gasteiger partial charge in [-0.05, 0) is 36.4 Å². The number of hydrogen-bond acceptors (Lipinski definition) is 5. The topological polar surface area (TPSA) is 94.6 Å². The Balaban J connectivity index is 1.92. The van der Waals surface area contributed by atoms with E-state index in [1.807, 2.05) is 0 Å². The Labute approximate surface area is 140 Å². The maximum atomic E-state index is 12.3. The quantitative estimate of drug-likeness (QED) is 0.562. The number of carbonyl (C=O) groups excluding carboxylic acids is 1. The summed E-state index contributed by atoms with van der Waals surface area (Å²) in [6, 6.07) is 10.6. The number of nitro benzene ring substituents is 1. The minimum absolute atomic E-state index is 0.0254. The number of carbonyl (C=O) groups is 1. The number of hydrogen-bond donors (Lipinski definition) is 1. The molecule has 2 aromatic carbocycles.